The van der Waals surface area contributed by atoms with E-state index in [1.807, 2.05) is 43.3 Å². The normalized spacial score (nSPS) is 25.7. The van der Waals surface area contributed by atoms with Crippen LogP contribution in [0.3, 0.4) is 0 Å². The van der Waals surface area contributed by atoms with Gasteiger partial charge in [0.15, 0.2) is 11.5 Å². The number of ketones is 1. The number of amides is 1. The average molecular weight is 404 g/mol. The summed E-state index contributed by atoms with van der Waals surface area (Å²) in [5, 5.41) is 0. The van der Waals surface area contributed by atoms with Crippen molar-refractivity contribution in [3.63, 3.8) is 0 Å². The molecule has 3 heterocycles. The van der Waals surface area contributed by atoms with Crippen LogP contribution in [-0.4, -0.2) is 29.9 Å². The second-order valence-electron chi connectivity index (χ2n) is 8.20. The number of nitrogens with zero attached hydrogens (tertiary/aromatic N) is 2. The molecule has 3 unspecified atom stereocenters. The molecule has 1 saturated carbocycles. The van der Waals surface area contributed by atoms with E-state index in [2.05, 4.69) is 4.98 Å². The van der Waals surface area contributed by atoms with E-state index in [0.29, 0.717) is 17.1 Å². The number of aromatic nitrogens is 1. The molecule has 2 aromatic rings. The zero-order chi connectivity index (χ0) is 20.8. The van der Waals surface area contributed by atoms with Gasteiger partial charge < -0.3 is 9.47 Å². The number of hydrogen-bond acceptors (Lipinski definition) is 5. The molecule has 1 aromatic carbocycles. The lowest BCUT2D eigenvalue weighted by Crippen LogP contribution is -2.39. The number of pyridine rings is 1. The van der Waals surface area contributed by atoms with Crippen molar-refractivity contribution in [3.05, 3.63) is 65.1 Å². The number of carbonyl (C=O) groups is 2. The van der Waals surface area contributed by atoms with E-state index < -0.39 is 6.04 Å². The largest absolute Gasteiger partial charge is 0.497 e. The number of hydrogen-bond donors (Lipinski definition) is 0. The molecule has 1 aromatic heterocycles. The minimum Gasteiger partial charge on any atom is -0.497 e. The van der Waals surface area contributed by atoms with Gasteiger partial charge in [0.25, 0.3) is 5.91 Å². The molecule has 0 saturated heterocycles. The van der Waals surface area contributed by atoms with Gasteiger partial charge in [0.2, 0.25) is 0 Å². The molecule has 3 aliphatic rings. The summed E-state index contributed by atoms with van der Waals surface area (Å²) in [6.45, 7) is 1.95. The number of fused-ring (bicyclic) bond motifs is 1. The fraction of sp³-hybridized carbons (Fsp3) is 0.375. The molecule has 5 rings (SSSR count). The summed E-state index contributed by atoms with van der Waals surface area (Å²) in [5.74, 6) is 0.934. The Morgan fingerprint density at radius 1 is 1.13 bits per heavy atom. The Morgan fingerprint density at radius 3 is 2.73 bits per heavy atom. The molecule has 1 amide bonds. The first-order chi connectivity index (χ1) is 14.6. The molecule has 30 heavy (non-hydrogen) atoms. The van der Waals surface area contributed by atoms with E-state index in [9.17, 15) is 9.59 Å². The Balaban J connectivity index is 1.66. The smallest absolute Gasteiger partial charge is 0.295 e. The summed E-state index contributed by atoms with van der Waals surface area (Å²) >= 11 is 0. The number of anilines is 1. The molecule has 0 bridgehead atoms. The molecule has 3 atom stereocenters. The molecule has 0 spiro atoms. The zero-order valence-electron chi connectivity index (χ0n) is 17.1. The summed E-state index contributed by atoms with van der Waals surface area (Å²) in [4.78, 5) is 33.2. The monoisotopic (exact) mass is 404 g/mol. The number of rotatable bonds is 3. The molecular formula is C24H24N2O4. The third kappa shape index (κ3) is 2.90. The molecule has 0 N–H and O–H groups in total. The Hall–Kier alpha value is -3.15. The van der Waals surface area contributed by atoms with Crippen molar-refractivity contribution in [1.29, 1.82) is 0 Å². The fourth-order valence-electron chi connectivity index (χ4n) is 4.81. The lowest BCUT2D eigenvalue weighted by Gasteiger charge is -2.35. The Labute approximate surface area is 175 Å². The summed E-state index contributed by atoms with van der Waals surface area (Å²) in [6, 6.07) is 10.7. The summed E-state index contributed by atoms with van der Waals surface area (Å²) < 4.78 is 11.6. The number of Topliss-reactive ketones (excluding diaryl/α,β-unsaturated/α-hetero) is 1. The van der Waals surface area contributed by atoms with Crippen LogP contribution in [0.15, 0.2) is 53.9 Å². The van der Waals surface area contributed by atoms with Crippen LogP contribution in [-0.2, 0) is 14.3 Å². The van der Waals surface area contributed by atoms with Crippen LogP contribution in [0.1, 0.15) is 42.9 Å². The SMILES string of the molecule is COc1cccc(C2C3=C(OC4CCCCC4C3=O)C(=O)N2c2ccc(C)cn2)c1. The molecule has 0 radical (unpaired) electrons. The van der Waals surface area contributed by atoms with E-state index in [4.69, 9.17) is 9.47 Å². The molecule has 2 aliphatic heterocycles. The molecule has 154 valence electrons. The van der Waals surface area contributed by atoms with Crippen LogP contribution >= 0.6 is 0 Å². The first-order valence-electron chi connectivity index (χ1n) is 10.4. The minimum atomic E-state index is -0.576. The topological polar surface area (TPSA) is 68.7 Å². The standard InChI is InChI=1S/C24H24N2O4/c1-14-10-11-19(25-13-14)26-21(15-6-5-7-16(12-15)29-2)20-22(27)17-8-3-4-9-18(17)30-23(20)24(26)28/h5-7,10-13,17-18,21H,3-4,8-9H2,1-2H3. The third-order valence-electron chi connectivity index (χ3n) is 6.32. The molecule has 6 heteroatoms. The van der Waals surface area contributed by atoms with Gasteiger partial charge in [-0.3, -0.25) is 14.5 Å². The van der Waals surface area contributed by atoms with Crippen molar-refractivity contribution in [3.8, 4) is 5.75 Å². The van der Waals surface area contributed by atoms with E-state index in [1.165, 1.54) is 0 Å². The van der Waals surface area contributed by atoms with E-state index in [-0.39, 0.29) is 29.5 Å². The van der Waals surface area contributed by atoms with Gasteiger partial charge in [0.1, 0.15) is 17.7 Å². The van der Waals surface area contributed by atoms with Crippen LogP contribution in [0.4, 0.5) is 5.82 Å². The van der Waals surface area contributed by atoms with Gasteiger partial charge in [-0.25, -0.2) is 4.98 Å². The van der Waals surface area contributed by atoms with Crippen LogP contribution < -0.4 is 9.64 Å². The first kappa shape index (κ1) is 18.9. The van der Waals surface area contributed by atoms with Gasteiger partial charge in [0.05, 0.1) is 24.6 Å². The average Bonchev–Trinajstić information content (AvgIpc) is 3.07. The molecule has 1 aliphatic carbocycles. The van der Waals surface area contributed by atoms with Crippen molar-refractivity contribution < 1.29 is 19.1 Å². The Kier molecular flexibility index (Phi) is 4.57. The van der Waals surface area contributed by atoms with Gasteiger partial charge in [-0.05, 0) is 55.5 Å². The van der Waals surface area contributed by atoms with Crippen LogP contribution in [0.5, 0.6) is 5.75 Å². The maximum atomic E-state index is 13.6. The van der Waals surface area contributed by atoms with Crippen molar-refractivity contribution in [2.45, 2.75) is 44.8 Å². The highest BCUT2D eigenvalue weighted by Crippen LogP contribution is 2.48. The highest BCUT2D eigenvalue weighted by molar-refractivity contribution is 6.17. The maximum absolute atomic E-state index is 13.6. The van der Waals surface area contributed by atoms with Gasteiger partial charge in [0, 0.05) is 6.20 Å². The summed E-state index contributed by atoms with van der Waals surface area (Å²) in [7, 11) is 1.60. The third-order valence-corrected chi connectivity index (χ3v) is 6.32. The number of benzene rings is 1. The van der Waals surface area contributed by atoms with E-state index in [0.717, 1.165) is 36.8 Å². The molecule has 6 nitrogen and oxygen atoms in total. The van der Waals surface area contributed by atoms with Crippen molar-refractivity contribution in [2.75, 3.05) is 12.0 Å². The number of ether oxygens (including phenoxy) is 2. The van der Waals surface area contributed by atoms with E-state index >= 15 is 0 Å². The Morgan fingerprint density at radius 2 is 1.97 bits per heavy atom. The summed E-state index contributed by atoms with van der Waals surface area (Å²) in [5.41, 5.74) is 2.26. The van der Waals surface area contributed by atoms with E-state index in [1.54, 1.807) is 18.2 Å². The minimum absolute atomic E-state index is 0.0386. The maximum Gasteiger partial charge on any atom is 0.295 e. The molecular weight excluding hydrogens is 380 g/mol. The van der Waals surface area contributed by atoms with Gasteiger partial charge in [-0.2, -0.15) is 0 Å². The number of aryl methyl sites for hydroxylation is 1. The zero-order valence-corrected chi connectivity index (χ0v) is 17.1. The first-order valence-corrected chi connectivity index (χ1v) is 10.4. The summed E-state index contributed by atoms with van der Waals surface area (Å²) in [6.07, 6.45) is 5.18. The van der Waals surface area contributed by atoms with Gasteiger partial charge in [-0.15, -0.1) is 0 Å². The van der Waals surface area contributed by atoms with Crippen LogP contribution in [0.25, 0.3) is 0 Å². The number of methoxy groups -OCH3 is 1. The van der Waals surface area contributed by atoms with Gasteiger partial charge >= 0.3 is 0 Å². The lowest BCUT2D eigenvalue weighted by atomic mass is 9.77. The van der Waals surface area contributed by atoms with Crippen LogP contribution in [0.2, 0.25) is 0 Å². The second-order valence-corrected chi connectivity index (χ2v) is 8.20. The lowest BCUT2D eigenvalue weighted by molar-refractivity contribution is -0.131. The van der Waals surface area contributed by atoms with Crippen LogP contribution in [0, 0.1) is 12.8 Å². The van der Waals surface area contributed by atoms with Gasteiger partial charge in [-0.1, -0.05) is 24.6 Å². The fourth-order valence-corrected chi connectivity index (χ4v) is 4.81. The second kappa shape index (κ2) is 7.27. The van der Waals surface area contributed by atoms with Crippen molar-refractivity contribution in [1.82, 2.24) is 4.98 Å². The Bertz CT molecular complexity index is 1040. The quantitative estimate of drug-likeness (QED) is 0.776. The molecule has 1 fully saturated rings. The highest BCUT2D eigenvalue weighted by atomic mass is 16.5. The number of carbonyl (C=O) groups excluding carboxylic acids is 2. The van der Waals surface area contributed by atoms with Crippen molar-refractivity contribution in [2.24, 2.45) is 5.92 Å². The predicted molar refractivity (Wildman–Crippen MR) is 111 cm³/mol. The highest BCUT2D eigenvalue weighted by Gasteiger charge is 2.52. The van der Waals surface area contributed by atoms with Crippen molar-refractivity contribution >= 4 is 17.5 Å². The predicted octanol–water partition coefficient (Wildman–Crippen LogP) is 3.90.